The van der Waals surface area contributed by atoms with Gasteiger partial charge in [0.2, 0.25) is 5.91 Å². The quantitative estimate of drug-likeness (QED) is 0.383. The molecule has 0 aliphatic rings. The van der Waals surface area contributed by atoms with Gasteiger partial charge in [0, 0.05) is 12.1 Å². The summed E-state index contributed by atoms with van der Waals surface area (Å²) in [5.74, 6) is -0.0326. The maximum atomic E-state index is 12.6. The molecular formula is C20H22N6O2S2. The number of thiazole rings is 1. The summed E-state index contributed by atoms with van der Waals surface area (Å²) in [5.41, 5.74) is 2.19. The highest BCUT2D eigenvalue weighted by atomic mass is 32.1. The molecule has 1 aromatic carbocycles. The number of aromatic nitrogens is 4. The van der Waals surface area contributed by atoms with Crippen LogP contribution in [0.25, 0.3) is 10.7 Å². The number of carbonyl (C=O) groups excluding carboxylic acids is 2. The van der Waals surface area contributed by atoms with Gasteiger partial charge in [-0.05, 0) is 45.1 Å². The number of nitrogens with zero attached hydrogens (tertiary/aromatic N) is 3. The molecular weight excluding hydrogens is 420 g/mol. The topological polar surface area (TPSA) is 105 Å². The maximum absolute atomic E-state index is 12.6. The van der Waals surface area contributed by atoms with Crippen molar-refractivity contribution in [1.82, 2.24) is 25.1 Å². The number of amides is 2. The summed E-state index contributed by atoms with van der Waals surface area (Å²) in [4.78, 5) is 30.1. The molecule has 30 heavy (non-hydrogen) atoms. The van der Waals surface area contributed by atoms with Crippen molar-refractivity contribution in [3.05, 3.63) is 58.5 Å². The van der Waals surface area contributed by atoms with E-state index >= 15 is 0 Å². The number of hydrogen-bond acceptors (Lipinski definition) is 6. The molecule has 10 heteroatoms. The highest BCUT2D eigenvalue weighted by Crippen LogP contribution is 2.31. The molecule has 8 nitrogen and oxygen atoms in total. The molecule has 1 atom stereocenters. The van der Waals surface area contributed by atoms with E-state index in [0.29, 0.717) is 33.5 Å². The van der Waals surface area contributed by atoms with Crippen LogP contribution >= 0.6 is 23.6 Å². The van der Waals surface area contributed by atoms with Gasteiger partial charge >= 0.3 is 0 Å². The lowest BCUT2D eigenvalue weighted by Crippen LogP contribution is -2.41. The fourth-order valence-electron chi connectivity index (χ4n) is 2.79. The highest BCUT2D eigenvalue weighted by molar-refractivity contribution is 7.71. The van der Waals surface area contributed by atoms with Crippen LogP contribution in [0.2, 0.25) is 0 Å². The Morgan fingerprint density at radius 2 is 2.17 bits per heavy atom. The number of nitrogens with one attached hydrogen (secondary N) is 3. The summed E-state index contributed by atoms with van der Waals surface area (Å²) in [6.07, 6.45) is 1.73. The van der Waals surface area contributed by atoms with Gasteiger partial charge in [-0.1, -0.05) is 35.1 Å². The van der Waals surface area contributed by atoms with Crippen LogP contribution < -0.4 is 10.6 Å². The van der Waals surface area contributed by atoms with E-state index in [1.165, 1.54) is 11.3 Å². The minimum absolute atomic E-state index is 0.308. The number of H-pyrrole nitrogens is 1. The molecule has 3 aromatic rings. The van der Waals surface area contributed by atoms with Crippen LogP contribution in [0.1, 0.15) is 28.5 Å². The number of aryl methyl sites for hydroxylation is 2. The average Bonchev–Trinajstić information content (AvgIpc) is 3.24. The molecule has 3 N–H and O–H groups in total. The molecule has 2 amide bonds. The molecule has 2 heterocycles. The van der Waals surface area contributed by atoms with E-state index in [2.05, 4.69) is 32.4 Å². The van der Waals surface area contributed by atoms with Crippen LogP contribution in [0.15, 0.2) is 36.9 Å². The van der Waals surface area contributed by atoms with Crippen molar-refractivity contribution in [2.24, 2.45) is 0 Å². The Morgan fingerprint density at radius 3 is 2.87 bits per heavy atom. The van der Waals surface area contributed by atoms with Crippen molar-refractivity contribution in [3.63, 3.8) is 0 Å². The summed E-state index contributed by atoms with van der Waals surface area (Å²) < 4.78 is 2.29. The highest BCUT2D eigenvalue weighted by Gasteiger charge is 2.21. The van der Waals surface area contributed by atoms with Crippen molar-refractivity contribution in [2.75, 3.05) is 5.32 Å². The molecule has 0 fully saturated rings. The van der Waals surface area contributed by atoms with E-state index in [9.17, 15) is 9.59 Å². The molecule has 0 aliphatic carbocycles. The van der Waals surface area contributed by atoms with Gasteiger partial charge in [-0.25, -0.2) is 4.98 Å². The second kappa shape index (κ2) is 9.14. The smallest absolute Gasteiger partial charge is 0.251 e. The molecule has 0 bridgehead atoms. The Morgan fingerprint density at radius 1 is 1.40 bits per heavy atom. The first-order chi connectivity index (χ1) is 14.3. The lowest BCUT2D eigenvalue weighted by molar-refractivity contribution is -0.117. The number of allylic oxidation sites excluding steroid dienone is 1. The minimum Gasteiger partial charge on any atom is -0.341 e. The van der Waals surface area contributed by atoms with Gasteiger partial charge in [-0.2, -0.15) is 5.10 Å². The van der Waals surface area contributed by atoms with Crippen LogP contribution in [-0.4, -0.2) is 37.6 Å². The second-order valence-electron chi connectivity index (χ2n) is 6.74. The molecule has 0 saturated heterocycles. The largest absolute Gasteiger partial charge is 0.341 e. The zero-order chi connectivity index (χ0) is 21.8. The first-order valence-corrected chi connectivity index (χ1v) is 10.4. The van der Waals surface area contributed by atoms with E-state index in [4.69, 9.17) is 12.2 Å². The number of benzene rings is 1. The zero-order valence-electron chi connectivity index (χ0n) is 16.9. The van der Waals surface area contributed by atoms with Crippen molar-refractivity contribution >= 4 is 40.5 Å². The molecule has 0 spiro atoms. The maximum Gasteiger partial charge on any atom is 0.251 e. The van der Waals surface area contributed by atoms with Gasteiger partial charge in [0.15, 0.2) is 15.7 Å². The number of hydrogen-bond donors (Lipinski definition) is 3. The van der Waals surface area contributed by atoms with Gasteiger partial charge in [0.1, 0.15) is 6.04 Å². The van der Waals surface area contributed by atoms with Gasteiger partial charge in [0.05, 0.1) is 10.6 Å². The van der Waals surface area contributed by atoms with Crippen LogP contribution in [0.5, 0.6) is 0 Å². The van der Waals surface area contributed by atoms with E-state index in [0.717, 1.165) is 10.4 Å². The molecule has 156 valence electrons. The molecule has 0 saturated carbocycles. The van der Waals surface area contributed by atoms with Gasteiger partial charge in [-0.3, -0.25) is 19.3 Å². The first kappa shape index (κ1) is 21.6. The van der Waals surface area contributed by atoms with Gasteiger partial charge in [0.25, 0.3) is 5.91 Å². The Balaban J connectivity index is 1.72. The fourth-order valence-corrected chi connectivity index (χ4v) is 3.97. The van der Waals surface area contributed by atoms with Crippen LogP contribution in [0.3, 0.4) is 0 Å². The van der Waals surface area contributed by atoms with Crippen LogP contribution in [0.4, 0.5) is 5.13 Å². The Hall–Kier alpha value is -3.11. The number of aromatic amines is 1. The van der Waals surface area contributed by atoms with E-state index in [1.54, 1.807) is 35.8 Å². The molecule has 0 aliphatic heterocycles. The van der Waals surface area contributed by atoms with Crippen molar-refractivity contribution in [1.29, 1.82) is 0 Å². The van der Waals surface area contributed by atoms with E-state index in [-0.39, 0.29) is 11.8 Å². The van der Waals surface area contributed by atoms with Crippen molar-refractivity contribution < 1.29 is 9.59 Å². The standard InChI is InChI=1S/C20H22N6O2S2/c1-5-9-26-16(24-25-20(26)29)15-12(3)22-19(30-15)23-17(27)13(4)21-18(28)14-8-6-7-11(2)10-14/h5-8,10,13H,1,9H2,2-4H3,(H,21,28)(H,25,29)(H,22,23,27). The first-order valence-electron chi connectivity index (χ1n) is 9.22. The summed E-state index contributed by atoms with van der Waals surface area (Å²) in [6.45, 7) is 9.60. The summed E-state index contributed by atoms with van der Waals surface area (Å²) in [7, 11) is 0. The van der Waals surface area contributed by atoms with Crippen LogP contribution in [-0.2, 0) is 11.3 Å². The Labute approximate surface area is 183 Å². The SMILES string of the molecule is C=CCn1c(-c2sc(NC(=O)C(C)NC(=O)c3cccc(C)c3)nc2C)n[nH]c1=S. The molecule has 0 radical (unpaired) electrons. The minimum atomic E-state index is -0.735. The van der Waals surface area contributed by atoms with Gasteiger partial charge < -0.3 is 10.6 Å². The zero-order valence-corrected chi connectivity index (χ0v) is 18.5. The normalized spacial score (nSPS) is 11.7. The predicted octanol–water partition coefficient (Wildman–Crippen LogP) is 3.62. The Bertz CT molecular complexity index is 1160. The summed E-state index contributed by atoms with van der Waals surface area (Å²) >= 11 is 6.54. The third-order valence-corrected chi connectivity index (χ3v) is 5.70. The van der Waals surface area contributed by atoms with E-state index < -0.39 is 6.04 Å². The van der Waals surface area contributed by atoms with Crippen molar-refractivity contribution in [2.45, 2.75) is 33.4 Å². The predicted molar refractivity (Wildman–Crippen MR) is 120 cm³/mol. The summed E-state index contributed by atoms with van der Waals surface area (Å²) in [6, 6.07) is 6.45. The fraction of sp³-hybridized carbons (Fsp3) is 0.250. The molecule has 2 aromatic heterocycles. The lowest BCUT2D eigenvalue weighted by Gasteiger charge is -2.13. The third-order valence-electron chi connectivity index (χ3n) is 4.32. The van der Waals surface area contributed by atoms with E-state index in [1.807, 2.05) is 19.9 Å². The third kappa shape index (κ3) is 4.71. The van der Waals surface area contributed by atoms with Gasteiger partial charge in [-0.15, -0.1) is 6.58 Å². The van der Waals surface area contributed by atoms with Crippen molar-refractivity contribution in [3.8, 4) is 10.7 Å². The number of carbonyl (C=O) groups is 2. The van der Waals surface area contributed by atoms with Crippen LogP contribution in [0, 0.1) is 18.6 Å². The summed E-state index contributed by atoms with van der Waals surface area (Å²) in [5, 5.41) is 12.9. The molecule has 3 rings (SSSR count). The number of anilines is 1. The second-order valence-corrected chi connectivity index (χ2v) is 8.12. The average molecular weight is 443 g/mol. The lowest BCUT2D eigenvalue weighted by atomic mass is 10.1. The Kier molecular flexibility index (Phi) is 6.58. The molecule has 1 unspecified atom stereocenters. The number of rotatable bonds is 7. The monoisotopic (exact) mass is 442 g/mol.